The molecule has 0 heterocycles. The number of amides is 1. The highest BCUT2D eigenvalue weighted by Crippen LogP contribution is 2.28. The molecule has 5 heteroatoms. The molecular weight excluding hydrogens is 232 g/mol. The third-order valence-corrected chi connectivity index (χ3v) is 3.08. The number of nitrogen functional groups attached to an aromatic ring is 1. The van der Waals surface area contributed by atoms with E-state index in [2.05, 4.69) is 5.32 Å². The van der Waals surface area contributed by atoms with Gasteiger partial charge in [0, 0.05) is 12.8 Å². The summed E-state index contributed by atoms with van der Waals surface area (Å²) in [7, 11) is 3.05. The number of carbonyl (C=O) groups is 1. The second-order valence-corrected chi connectivity index (χ2v) is 4.20. The maximum atomic E-state index is 12.1. The molecule has 0 spiro atoms. The van der Waals surface area contributed by atoms with Crippen LogP contribution in [0.3, 0.4) is 0 Å². The van der Waals surface area contributed by atoms with E-state index < -0.39 is 5.60 Å². The quantitative estimate of drug-likeness (QED) is 0.786. The lowest BCUT2D eigenvalue weighted by Crippen LogP contribution is -2.41. The number of benzene rings is 1. The van der Waals surface area contributed by atoms with E-state index in [4.69, 9.17) is 15.2 Å². The van der Waals surface area contributed by atoms with E-state index in [0.717, 1.165) is 0 Å². The van der Waals surface area contributed by atoms with Crippen LogP contribution in [0.4, 0.5) is 11.4 Å². The highest BCUT2D eigenvalue weighted by Gasteiger charge is 2.31. The Kier molecular flexibility index (Phi) is 4.55. The Bertz CT molecular complexity index is 428. The van der Waals surface area contributed by atoms with Crippen LogP contribution in [0.2, 0.25) is 0 Å². The molecule has 1 rings (SSSR count). The summed E-state index contributed by atoms with van der Waals surface area (Å²) >= 11 is 0. The van der Waals surface area contributed by atoms with Crippen LogP contribution >= 0.6 is 0 Å². The fourth-order valence-corrected chi connectivity index (χ4v) is 1.48. The first-order valence-electron chi connectivity index (χ1n) is 5.77. The van der Waals surface area contributed by atoms with Crippen molar-refractivity contribution in [3.05, 3.63) is 18.2 Å². The molecule has 0 saturated carbocycles. The molecular formula is C13H20N2O3. The van der Waals surface area contributed by atoms with Gasteiger partial charge in [0.15, 0.2) is 0 Å². The molecule has 0 radical (unpaired) electrons. The fraction of sp³-hybridized carbons (Fsp3) is 0.462. The maximum Gasteiger partial charge on any atom is 0.256 e. The van der Waals surface area contributed by atoms with Crippen LogP contribution in [0, 0.1) is 0 Å². The second kappa shape index (κ2) is 5.73. The van der Waals surface area contributed by atoms with Gasteiger partial charge in [-0.25, -0.2) is 0 Å². The van der Waals surface area contributed by atoms with E-state index in [0.29, 0.717) is 23.5 Å². The monoisotopic (exact) mass is 252 g/mol. The third-order valence-electron chi connectivity index (χ3n) is 3.08. The molecule has 100 valence electrons. The number of nitrogens with one attached hydrogen (secondary N) is 1. The summed E-state index contributed by atoms with van der Waals surface area (Å²) in [6.07, 6.45) is 0.569. The Labute approximate surface area is 107 Å². The van der Waals surface area contributed by atoms with Gasteiger partial charge in [0.1, 0.15) is 11.4 Å². The van der Waals surface area contributed by atoms with Crippen molar-refractivity contribution >= 4 is 17.3 Å². The zero-order valence-corrected chi connectivity index (χ0v) is 11.2. The minimum Gasteiger partial charge on any atom is -0.495 e. The molecule has 0 aliphatic carbocycles. The van der Waals surface area contributed by atoms with Crippen LogP contribution in [0.1, 0.15) is 20.3 Å². The minimum atomic E-state index is -0.865. The molecule has 1 amide bonds. The minimum absolute atomic E-state index is 0.226. The summed E-state index contributed by atoms with van der Waals surface area (Å²) in [5, 5.41) is 2.78. The molecule has 0 aliphatic rings. The molecule has 0 aromatic heterocycles. The third kappa shape index (κ3) is 2.92. The SMILES string of the molecule is CCC(C)(OC)C(=O)Nc1cc(N)ccc1OC. The average Bonchev–Trinajstić information content (AvgIpc) is 2.38. The predicted molar refractivity (Wildman–Crippen MR) is 71.7 cm³/mol. The zero-order chi connectivity index (χ0) is 13.8. The Balaban J connectivity index is 2.97. The normalized spacial score (nSPS) is 13.8. The van der Waals surface area contributed by atoms with Gasteiger partial charge in [-0.15, -0.1) is 0 Å². The summed E-state index contributed by atoms with van der Waals surface area (Å²) in [5.74, 6) is 0.337. The molecule has 1 unspecified atom stereocenters. The number of ether oxygens (including phenoxy) is 2. The van der Waals surface area contributed by atoms with Crippen LogP contribution < -0.4 is 15.8 Å². The molecule has 0 aliphatic heterocycles. The molecule has 18 heavy (non-hydrogen) atoms. The Morgan fingerprint density at radius 2 is 2.11 bits per heavy atom. The highest BCUT2D eigenvalue weighted by atomic mass is 16.5. The van der Waals surface area contributed by atoms with Crippen molar-refractivity contribution in [2.45, 2.75) is 25.9 Å². The van der Waals surface area contributed by atoms with Crippen LogP contribution in [0.15, 0.2) is 18.2 Å². The first-order chi connectivity index (χ1) is 8.46. The molecule has 5 nitrogen and oxygen atoms in total. The van der Waals surface area contributed by atoms with E-state index in [-0.39, 0.29) is 5.91 Å². The number of hydrogen-bond donors (Lipinski definition) is 2. The molecule has 3 N–H and O–H groups in total. The first kappa shape index (κ1) is 14.3. The number of carbonyl (C=O) groups excluding carboxylic acids is 1. The first-order valence-corrected chi connectivity index (χ1v) is 5.77. The number of anilines is 2. The standard InChI is InChI=1S/C13H20N2O3/c1-5-13(2,18-4)12(16)15-10-8-9(14)6-7-11(10)17-3/h6-8H,5,14H2,1-4H3,(H,15,16). The molecule has 1 aromatic carbocycles. The predicted octanol–water partition coefficient (Wildman–Crippen LogP) is 2.03. The molecule has 0 bridgehead atoms. The van der Waals surface area contributed by atoms with E-state index in [1.165, 1.54) is 14.2 Å². The van der Waals surface area contributed by atoms with E-state index in [9.17, 15) is 4.79 Å². The van der Waals surface area contributed by atoms with E-state index in [1.54, 1.807) is 25.1 Å². The van der Waals surface area contributed by atoms with Gasteiger partial charge in [-0.3, -0.25) is 4.79 Å². The van der Waals surface area contributed by atoms with Crippen molar-refractivity contribution in [3.63, 3.8) is 0 Å². The smallest absolute Gasteiger partial charge is 0.256 e. The van der Waals surface area contributed by atoms with Crippen LogP contribution in [-0.4, -0.2) is 25.7 Å². The number of nitrogens with two attached hydrogens (primary N) is 1. The van der Waals surface area contributed by atoms with Crippen LogP contribution in [0.5, 0.6) is 5.75 Å². The number of rotatable bonds is 5. The Hall–Kier alpha value is -1.75. The van der Waals surface area contributed by atoms with Crippen LogP contribution in [0.25, 0.3) is 0 Å². The Morgan fingerprint density at radius 1 is 1.44 bits per heavy atom. The van der Waals surface area contributed by atoms with Gasteiger partial charge < -0.3 is 20.5 Å². The number of hydrogen-bond acceptors (Lipinski definition) is 4. The van der Waals surface area contributed by atoms with E-state index in [1.807, 2.05) is 6.92 Å². The van der Waals surface area contributed by atoms with Crippen molar-refractivity contribution in [2.24, 2.45) is 0 Å². The summed E-state index contributed by atoms with van der Waals surface area (Å²) < 4.78 is 10.4. The van der Waals surface area contributed by atoms with Crippen LogP contribution in [-0.2, 0) is 9.53 Å². The highest BCUT2D eigenvalue weighted by molar-refractivity contribution is 5.98. The van der Waals surface area contributed by atoms with Gasteiger partial charge in [0.25, 0.3) is 5.91 Å². The summed E-state index contributed by atoms with van der Waals surface area (Å²) in [6, 6.07) is 5.08. The summed E-state index contributed by atoms with van der Waals surface area (Å²) in [4.78, 5) is 12.1. The summed E-state index contributed by atoms with van der Waals surface area (Å²) in [5.41, 5.74) is 5.93. The number of methoxy groups -OCH3 is 2. The van der Waals surface area contributed by atoms with Gasteiger partial charge in [0.05, 0.1) is 12.8 Å². The van der Waals surface area contributed by atoms with Gasteiger partial charge in [-0.1, -0.05) is 6.92 Å². The lowest BCUT2D eigenvalue weighted by molar-refractivity contribution is -0.136. The van der Waals surface area contributed by atoms with Gasteiger partial charge in [-0.05, 0) is 31.5 Å². The molecule has 0 fully saturated rings. The Morgan fingerprint density at radius 3 is 2.61 bits per heavy atom. The van der Waals surface area contributed by atoms with Gasteiger partial charge in [-0.2, -0.15) is 0 Å². The zero-order valence-electron chi connectivity index (χ0n) is 11.2. The van der Waals surface area contributed by atoms with Crippen molar-refractivity contribution in [3.8, 4) is 5.75 Å². The van der Waals surface area contributed by atoms with Crippen molar-refractivity contribution in [1.82, 2.24) is 0 Å². The topological polar surface area (TPSA) is 73.6 Å². The van der Waals surface area contributed by atoms with Gasteiger partial charge >= 0.3 is 0 Å². The van der Waals surface area contributed by atoms with Crippen molar-refractivity contribution in [2.75, 3.05) is 25.3 Å². The largest absolute Gasteiger partial charge is 0.495 e. The van der Waals surface area contributed by atoms with E-state index >= 15 is 0 Å². The molecule has 1 atom stereocenters. The summed E-state index contributed by atoms with van der Waals surface area (Å²) in [6.45, 7) is 3.63. The average molecular weight is 252 g/mol. The lowest BCUT2D eigenvalue weighted by Gasteiger charge is -2.25. The second-order valence-electron chi connectivity index (χ2n) is 4.20. The molecule has 0 saturated heterocycles. The maximum absolute atomic E-state index is 12.1. The molecule has 1 aromatic rings. The van der Waals surface area contributed by atoms with Gasteiger partial charge in [0.2, 0.25) is 0 Å². The lowest BCUT2D eigenvalue weighted by atomic mass is 10.0. The van der Waals surface area contributed by atoms with Crippen molar-refractivity contribution in [1.29, 1.82) is 0 Å². The fourth-order valence-electron chi connectivity index (χ4n) is 1.48. The van der Waals surface area contributed by atoms with Crippen molar-refractivity contribution < 1.29 is 14.3 Å².